The number of hydrogen-bond acceptors (Lipinski definition) is 10. The van der Waals surface area contributed by atoms with E-state index in [1.165, 1.54) is 55.2 Å². The van der Waals surface area contributed by atoms with Crippen molar-refractivity contribution in [2.45, 2.75) is 195 Å². The number of carbonyl (C=O) groups excluding carboxylic acids is 2. The number of hydrogen-bond donors (Lipinski definition) is 2. The summed E-state index contributed by atoms with van der Waals surface area (Å²) in [4.78, 5) is 35.1. The third-order valence-electron chi connectivity index (χ3n) is 10.3. The van der Waals surface area contributed by atoms with Gasteiger partial charge in [-0.2, -0.15) is 0 Å². The minimum Gasteiger partial charge on any atom is -0.466 e. The van der Waals surface area contributed by atoms with E-state index < -0.39 is 32.5 Å². The molecule has 2 atom stereocenters. The zero-order valence-electron chi connectivity index (χ0n) is 35.6. The van der Waals surface area contributed by atoms with E-state index in [1.54, 1.807) is 0 Å². The van der Waals surface area contributed by atoms with Crippen molar-refractivity contribution >= 4 is 19.8 Å². The van der Waals surface area contributed by atoms with E-state index in [4.69, 9.17) is 33.1 Å². The van der Waals surface area contributed by atoms with Gasteiger partial charge in [-0.3, -0.25) is 18.6 Å². The Morgan fingerprint density at radius 2 is 1.18 bits per heavy atom. The van der Waals surface area contributed by atoms with Crippen LogP contribution in [0.2, 0.25) is 0 Å². The molecule has 0 amide bonds. The first kappa shape index (κ1) is 49.7. The van der Waals surface area contributed by atoms with Gasteiger partial charge in [0.1, 0.15) is 29.6 Å². The molecule has 12 heteroatoms. The standard InChI is InChI=1S/C44H76NO10P/c1-6-8-19-26-41-36(4)37(5)42(55-41)27-21-16-13-14-18-23-29-44(47)54-39(34-52-56(48,49)51-31-30-45)33-50-43(46)28-22-17-12-10-9-11-15-20-25-40-35(3)32-38(53-40)24-7-2/h32,39H,6-31,33-34,45H2,1-5H3,(H,48,49)/t39-/m1/s1. The molecule has 0 aromatic carbocycles. The van der Waals surface area contributed by atoms with Crippen molar-refractivity contribution in [3.8, 4) is 0 Å². The second kappa shape index (κ2) is 29.7. The Labute approximate surface area is 338 Å². The number of carbonyl (C=O) groups is 2. The number of unbranched alkanes of at least 4 members (excludes halogenated alkanes) is 14. The van der Waals surface area contributed by atoms with Crippen LogP contribution in [0.25, 0.3) is 0 Å². The van der Waals surface area contributed by atoms with Crippen molar-refractivity contribution in [2.75, 3.05) is 26.4 Å². The lowest BCUT2D eigenvalue weighted by atomic mass is 10.0. The quantitative estimate of drug-likeness (QED) is 0.0387. The number of rotatable bonds is 35. The second-order valence-electron chi connectivity index (χ2n) is 15.4. The molecule has 1 unspecified atom stereocenters. The molecule has 0 saturated carbocycles. The van der Waals surface area contributed by atoms with Gasteiger partial charge in [-0.15, -0.1) is 0 Å². The van der Waals surface area contributed by atoms with Crippen LogP contribution in [0.5, 0.6) is 0 Å². The zero-order valence-corrected chi connectivity index (χ0v) is 36.5. The van der Waals surface area contributed by atoms with Gasteiger partial charge in [-0.25, -0.2) is 4.57 Å². The third kappa shape index (κ3) is 21.9. The fourth-order valence-corrected chi connectivity index (χ4v) is 7.59. The maximum atomic E-state index is 12.7. The van der Waals surface area contributed by atoms with Crippen molar-refractivity contribution < 1.29 is 46.4 Å². The first-order valence-corrected chi connectivity index (χ1v) is 23.3. The zero-order chi connectivity index (χ0) is 41.0. The highest BCUT2D eigenvalue weighted by molar-refractivity contribution is 7.47. The average molecular weight is 810 g/mol. The van der Waals surface area contributed by atoms with Crippen LogP contribution in [0.3, 0.4) is 0 Å². The molecule has 2 aromatic rings. The van der Waals surface area contributed by atoms with Crippen LogP contribution in [0.1, 0.15) is 182 Å². The predicted octanol–water partition coefficient (Wildman–Crippen LogP) is 11.1. The molecule has 2 rings (SSSR count). The van der Waals surface area contributed by atoms with Gasteiger partial charge in [0.15, 0.2) is 6.10 Å². The molecule has 2 heterocycles. The monoisotopic (exact) mass is 810 g/mol. The van der Waals surface area contributed by atoms with E-state index in [0.717, 1.165) is 113 Å². The molecule has 0 radical (unpaired) electrons. The molecule has 2 aromatic heterocycles. The molecule has 0 bridgehead atoms. The Hall–Kier alpha value is -2.43. The van der Waals surface area contributed by atoms with Gasteiger partial charge in [0.05, 0.1) is 13.2 Å². The molecule has 0 aliphatic rings. The van der Waals surface area contributed by atoms with Crippen molar-refractivity contribution in [3.05, 3.63) is 45.8 Å². The molecule has 3 N–H and O–H groups in total. The Kier molecular flexibility index (Phi) is 26.4. The van der Waals surface area contributed by atoms with Crippen molar-refractivity contribution in [1.82, 2.24) is 0 Å². The van der Waals surface area contributed by atoms with Crippen LogP contribution in [-0.2, 0) is 58.4 Å². The van der Waals surface area contributed by atoms with Crippen LogP contribution in [-0.4, -0.2) is 49.3 Å². The lowest BCUT2D eigenvalue weighted by Crippen LogP contribution is -2.29. The highest BCUT2D eigenvalue weighted by Crippen LogP contribution is 2.43. The van der Waals surface area contributed by atoms with Gasteiger partial charge in [-0.05, 0) is 82.1 Å². The van der Waals surface area contributed by atoms with Crippen LogP contribution in [0, 0.1) is 20.8 Å². The summed E-state index contributed by atoms with van der Waals surface area (Å²) in [7, 11) is -4.40. The van der Waals surface area contributed by atoms with Gasteiger partial charge < -0.3 is 28.9 Å². The summed E-state index contributed by atoms with van der Waals surface area (Å²) in [6.45, 7) is 9.99. The van der Waals surface area contributed by atoms with Crippen LogP contribution < -0.4 is 5.73 Å². The Balaban J connectivity index is 1.61. The predicted molar refractivity (Wildman–Crippen MR) is 222 cm³/mol. The SMILES string of the molecule is CCCCCc1oc(CCCCCCCCC(=O)O[C@H](COC(=O)CCCCCCCCCCc2oc(CCC)cc2C)COP(=O)(O)OCCN)c(C)c1C. The molecule has 322 valence electrons. The van der Waals surface area contributed by atoms with E-state index in [0.29, 0.717) is 12.8 Å². The molecule has 56 heavy (non-hydrogen) atoms. The Morgan fingerprint density at radius 3 is 1.73 bits per heavy atom. The molecular weight excluding hydrogens is 733 g/mol. The highest BCUT2D eigenvalue weighted by atomic mass is 31.2. The van der Waals surface area contributed by atoms with Gasteiger partial charge >= 0.3 is 19.8 Å². The first-order chi connectivity index (χ1) is 27.0. The molecule has 0 aliphatic heterocycles. The summed E-state index contributed by atoms with van der Waals surface area (Å²) in [6, 6.07) is 2.17. The van der Waals surface area contributed by atoms with Crippen molar-refractivity contribution in [3.63, 3.8) is 0 Å². The van der Waals surface area contributed by atoms with Crippen molar-refractivity contribution in [1.29, 1.82) is 0 Å². The fraction of sp³-hybridized carbons (Fsp3) is 0.773. The van der Waals surface area contributed by atoms with Gasteiger partial charge in [0.25, 0.3) is 0 Å². The van der Waals surface area contributed by atoms with E-state index in [1.807, 2.05) is 0 Å². The topological polar surface area (TPSA) is 161 Å². The number of furan rings is 2. The van der Waals surface area contributed by atoms with Crippen LogP contribution >= 0.6 is 7.82 Å². The number of phosphoric acid groups is 1. The normalized spacial score (nSPS) is 13.2. The molecule has 0 spiro atoms. The number of nitrogens with two attached hydrogens (primary N) is 1. The number of aryl methyl sites for hydroxylation is 5. The van der Waals surface area contributed by atoms with Gasteiger partial charge in [0, 0.05) is 45.1 Å². The number of phosphoric ester groups is 1. The first-order valence-electron chi connectivity index (χ1n) is 21.8. The summed E-state index contributed by atoms with van der Waals surface area (Å²) in [5.74, 6) is 3.62. The maximum absolute atomic E-state index is 12.7. The second-order valence-corrected chi connectivity index (χ2v) is 16.8. The fourth-order valence-electron chi connectivity index (χ4n) is 6.82. The molecule has 0 aliphatic carbocycles. The smallest absolute Gasteiger partial charge is 0.466 e. The van der Waals surface area contributed by atoms with E-state index in [2.05, 4.69) is 40.7 Å². The van der Waals surface area contributed by atoms with E-state index >= 15 is 0 Å². The maximum Gasteiger partial charge on any atom is 0.472 e. The lowest BCUT2D eigenvalue weighted by molar-refractivity contribution is -0.161. The minimum absolute atomic E-state index is 0.0411. The van der Waals surface area contributed by atoms with E-state index in [9.17, 15) is 19.0 Å². The largest absolute Gasteiger partial charge is 0.472 e. The highest BCUT2D eigenvalue weighted by Gasteiger charge is 2.26. The third-order valence-corrected chi connectivity index (χ3v) is 11.3. The van der Waals surface area contributed by atoms with Gasteiger partial charge in [-0.1, -0.05) is 90.9 Å². The molecule has 0 saturated heterocycles. The summed E-state index contributed by atoms with van der Waals surface area (Å²) in [6.07, 6.45) is 22.4. The Bertz CT molecular complexity index is 1400. The van der Waals surface area contributed by atoms with E-state index in [-0.39, 0.29) is 32.6 Å². The summed E-state index contributed by atoms with van der Waals surface area (Å²) < 4.78 is 45.1. The molecule has 0 fully saturated rings. The van der Waals surface area contributed by atoms with Crippen LogP contribution in [0.15, 0.2) is 14.9 Å². The lowest BCUT2D eigenvalue weighted by Gasteiger charge is -2.19. The number of ether oxygens (including phenoxy) is 2. The minimum atomic E-state index is -4.40. The van der Waals surface area contributed by atoms with Crippen LogP contribution in [0.4, 0.5) is 0 Å². The van der Waals surface area contributed by atoms with Gasteiger partial charge in [0.2, 0.25) is 0 Å². The average Bonchev–Trinajstić information content (AvgIpc) is 3.66. The summed E-state index contributed by atoms with van der Waals surface area (Å²) in [5.41, 5.74) is 9.22. The summed E-state index contributed by atoms with van der Waals surface area (Å²) >= 11 is 0. The Morgan fingerprint density at radius 1 is 0.661 bits per heavy atom. The van der Waals surface area contributed by atoms with Crippen molar-refractivity contribution in [2.24, 2.45) is 5.73 Å². The molecule has 11 nitrogen and oxygen atoms in total. The molecular formula is C44H76NO10P. The summed E-state index contributed by atoms with van der Waals surface area (Å²) in [5, 5.41) is 0. The number of esters is 2.